The molecule has 2 N–H and O–H groups in total. The van der Waals surface area contributed by atoms with Crippen LogP contribution in [0.3, 0.4) is 0 Å². The molecule has 0 radical (unpaired) electrons. The highest BCUT2D eigenvalue weighted by atomic mass is 35.5. The molecule has 0 spiro atoms. The first-order valence-corrected chi connectivity index (χ1v) is 4.79. The summed E-state index contributed by atoms with van der Waals surface area (Å²) in [5, 5.41) is 0. The maximum Gasteiger partial charge on any atom is 0.127 e. The molecule has 0 aromatic heterocycles. The summed E-state index contributed by atoms with van der Waals surface area (Å²) in [7, 11) is 3.20. The Morgan fingerprint density at radius 1 is 1.36 bits per heavy atom. The number of rotatable bonds is 4. The number of halogens is 1. The molecular weight excluding hydrogens is 202 g/mol. The molecule has 0 aliphatic rings. The second kappa shape index (κ2) is 5.08. The molecule has 0 saturated heterocycles. The number of methoxy groups -OCH3 is 2. The third-order valence-corrected chi connectivity index (χ3v) is 2.34. The van der Waals surface area contributed by atoms with Crippen LogP contribution in [-0.2, 0) is 0 Å². The number of hydrogen-bond acceptors (Lipinski definition) is 3. The number of hydrogen-bond donors (Lipinski definition) is 1. The molecule has 4 heteroatoms. The predicted molar refractivity (Wildman–Crippen MR) is 57.2 cm³/mol. The van der Waals surface area contributed by atoms with Crippen LogP contribution in [0.4, 0.5) is 0 Å². The molecule has 0 amide bonds. The van der Waals surface area contributed by atoms with Crippen molar-refractivity contribution in [2.24, 2.45) is 5.73 Å². The van der Waals surface area contributed by atoms with Crippen LogP contribution in [0.5, 0.6) is 11.5 Å². The van der Waals surface area contributed by atoms with E-state index in [1.807, 2.05) is 12.1 Å². The van der Waals surface area contributed by atoms with Gasteiger partial charge in [-0.3, -0.25) is 0 Å². The van der Waals surface area contributed by atoms with Crippen molar-refractivity contribution < 1.29 is 9.47 Å². The fraction of sp³-hybridized carbons (Fsp3) is 0.400. The number of benzene rings is 1. The van der Waals surface area contributed by atoms with Gasteiger partial charge in [-0.2, -0.15) is 0 Å². The van der Waals surface area contributed by atoms with Gasteiger partial charge in [-0.1, -0.05) is 6.07 Å². The van der Waals surface area contributed by atoms with Gasteiger partial charge in [-0.15, -0.1) is 11.6 Å². The molecule has 0 aliphatic carbocycles. The van der Waals surface area contributed by atoms with Gasteiger partial charge in [0.1, 0.15) is 11.5 Å². The Hall–Kier alpha value is -0.930. The van der Waals surface area contributed by atoms with E-state index in [-0.39, 0.29) is 6.04 Å². The third-order valence-electron chi connectivity index (χ3n) is 2.01. The Labute approximate surface area is 88.8 Å². The Balaban J connectivity index is 3.04. The van der Waals surface area contributed by atoms with Gasteiger partial charge in [0.05, 0.1) is 14.2 Å². The van der Waals surface area contributed by atoms with Crippen LogP contribution in [0.25, 0.3) is 0 Å². The highest BCUT2D eigenvalue weighted by Crippen LogP contribution is 2.28. The molecule has 0 fully saturated rings. The van der Waals surface area contributed by atoms with E-state index in [2.05, 4.69) is 0 Å². The van der Waals surface area contributed by atoms with Gasteiger partial charge < -0.3 is 15.2 Å². The summed E-state index contributed by atoms with van der Waals surface area (Å²) in [4.78, 5) is 0. The quantitative estimate of drug-likeness (QED) is 0.781. The maximum atomic E-state index is 5.81. The second-order valence-electron chi connectivity index (χ2n) is 2.87. The highest BCUT2D eigenvalue weighted by molar-refractivity contribution is 6.18. The molecule has 1 aromatic rings. The lowest BCUT2D eigenvalue weighted by Gasteiger charge is -2.14. The Kier molecular flexibility index (Phi) is 4.04. The number of alkyl halides is 1. The van der Waals surface area contributed by atoms with Gasteiger partial charge in [0.15, 0.2) is 0 Å². The van der Waals surface area contributed by atoms with Gasteiger partial charge in [0.2, 0.25) is 0 Å². The largest absolute Gasteiger partial charge is 0.497 e. The van der Waals surface area contributed by atoms with E-state index in [0.29, 0.717) is 11.6 Å². The van der Waals surface area contributed by atoms with E-state index in [1.54, 1.807) is 20.3 Å². The van der Waals surface area contributed by atoms with Gasteiger partial charge in [0.25, 0.3) is 0 Å². The fourth-order valence-electron chi connectivity index (χ4n) is 1.21. The number of ether oxygens (including phenoxy) is 2. The van der Waals surface area contributed by atoms with Gasteiger partial charge >= 0.3 is 0 Å². The Bertz CT molecular complexity index is 304. The normalized spacial score (nSPS) is 12.3. The molecule has 0 saturated carbocycles. The minimum atomic E-state index is -0.211. The Morgan fingerprint density at radius 3 is 2.57 bits per heavy atom. The fourth-order valence-corrected chi connectivity index (χ4v) is 1.37. The van der Waals surface area contributed by atoms with Crippen LogP contribution in [0.15, 0.2) is 18.2 Å². The lowest BCUT2D eigenvalue weighted by Crippen LogP contribution is -2.12. The van der Waals surface area contributed by atoms with Crippen LogP contribution < -0.4 is 15.2 Å². The third kappa shape index (κ3) is 2.30. The van der Waals surface area contributed by atoms with Crippen molar-refractivity contribution in [3.8, 4) is 11.5 Å². The molecule has 1 rings (SSSR count). The van der Waals surface area contributed by atoms with Crippen LogP contribution in [0.2, 0.25) is 0 Å². The van der Waals surface area contributed by atoms with Gasteiger partial charge in [-0.25, -0.2) is 0 Å². The van der Waals surface area contributed by atoms with Crippen molar-refractivity contribution in [3.05, 3.63) is 23.8 Å². The molecule has 0 aliphatic heterocycles. The van der Waals surface area contributed by atoms with Crippen LogP contribution in [-0.4, -0.2) is 20.1 Å². The summed E-state index contributed by atoms with van der Waals surface area (Å²) in [6.45, 7) is 0. The van der Waals surface area contributed by atoms with Crippen LogP contribution in [0.1, 0.15) is 11.6 Å². The maximum absolute atomic E-state index is 5.81. The molecule has 0 bridgehead atoms. The van der Waals surface area contributed by atoms with Crippen molar-refractivity contribution in [1.29, 1.82) is 0 Å². The monoisotopic (exact) mass is 215 g/mol. The summed E-state index contributed by atoms with van der Waals surface area (Å²) in [6.07, 6.45) is 0. The summed E-state index contributed by atoms with van der Waals surface area (Å²) in [5.41, 5.74) is 6.70. The topological polar surface area (TPSA) is 44.5 Å². The molecular formula is C10H14ClNO2. The predicted octanol–water partition coefficient (Wildman–Crippen LogP) is 1.94. The van der Waals surface area contributed by atoms with Crippen molar-refractivity contribution in [1.82, 2.24) is 0 Å². The summed E-state index contributed by atoms with van der Waals surface area (Å²) >= 11 is 5.68. The first-order chi connectivity index (χ1) is 6.72. The minimum absolute atomic E-state index is 0.211. The van der Waals surface area contributed by atoms with E-state index in [1.165, 1.54) is 0 Å². The standard InChI is InChI=1S/C10H14ClNO2/c1-13-7-3-4-8(9(12)6-11)10(5-7)14-2/h3-5,9H,6,12H2,1-2H3. The first kappa shape index (κ1) is 11.1. The molecule has 1 aromatic carbocycles. The first-order valence-electron chi connectivity index (χ1n) is 4.26. The SMILES string of the molecule is COc1ccc(C(N)CCl)c(OC)c1. The molecule has 3 nitrogen and oxygen atoms in total. The summed E-state index contributed by atoms with van der Waals surface area (Å²) in [6, 6.07) is 5.29. The number of nitrogens with two attached hydrogens (primary N) is 1. The zero-order valence-corrected chi connectivity index (χ0v) is 9.04. The molecule has 14 heavy (non-hydrogen) atoms. The van der Waals surface area contributed by atoms with Crippen LogP contribution >= 0.6 is 11.6 Å². The average molecular weight is 216 g/mol. The molecule has 0 heterocycles. The van der Waals surface area contributed by atoms with E-state index in [4.69, 9.17) is 26.8 Å². The minimum Gasteiger partial charge on any atom is -0.497 e. The van der Waals surface area contributed by atoms with Crippen molar-refractivity contribution in [2.45, 2.75) is 6.04 Å². The second-order valence-corrected chi connectivity index (χ2v) is 3.18. The van der Waals surface area contributed by atoms with Crippen molar-refractivity contribution in [3.63, 3.8) is 0 Å². The zero-order valence-electron chi connectivity index (χ0n) is 8.29. The van der Waals surface area contributed by atoms with Crippen molar-refractivity contribution >= 4 is 11.6 Å². The van der Waals surface area contributed by atoms with Gasteiger partial charge in [0, 0.05) is 23.6 Å². The molecule has 1 unspecified atom stereocenters. The summed E-state index contributed by atoms with van der Waals surface area (Å²) < 4.78 is 10.3. The zero-order chi connectivity index (χ0) is 10.6. The van der Waals surface area contributed by atoms with E-state index in [9.17, 15) is 0 Å². The highest BCUT2D eigenvalue weighted by Gasteiger charge is 2.11. The average Bonchev–Trinajstić information content (AvgIpc) is 2.27. The lowest BCUT2D eigenvalue weighted by atomic mass is 10.1. The summed E-state index contributed by atoms with van der Waals surface area (Å²) in [5.74, 6) is 1.81. The van der Waals surface area contributed by atoms with Crippen LogP contribution in [0, 0.1) is 0 Å². The van der Waals surface area contributed by atoms with E-state index in [0.717, 1.165) is 11.3 Å². The van der Waals surface area contributed by atoms with E-state index >= 15 is 0 Å². The smallest absolute Gasteiger partial charge is 0.127 e. The van der Waals surface area contributed by atoms with Crippen molar-refractivity contribution in [2.75, 3.05) is 20.1 Å². The Morgan fingerprint density at radius 2 is 2.07 bits per heavy atom. The molecule has 1 atom stereocenters. The lowest BCUT2D eigenvalue weighted by molar-refractivity contribution is 0.389. The molecule has 78 valence electrons. The van der Waals surface area contributed by atoms with E-state index < -0.39 is 0 Å². The van der Waals surface area contributed by atoms with Gasteiger partial charge in [-0.05, 0) is 6.07 Å².